The van der Waals surface area contributed by atoms with Gasteiger partial charge in [0.05, 0.1) is 11.0 Å². The first-order valence-corrected chi connectivity index (χ1v) is 9.12. The maximum Gasteiger partial charge on any atom is 0.295 e. The Kier molecular flexibility index (Phi) is 4.24. The van der Waals surface area contributed by atoms with Gasteiger partial charge in [0.2, 0.25) is 5.89 Å². The number of nitrogens with zero attached hydrogens (tertiary/aromatic N) is 2. The molecule has 6 nitrogen and oxygen atoms in total. The first-order chi connectivity index (χ1) is 14.6. The molecule has 2 N–H and O–H groups in total. The second-order valence-electron chi connectivity index (χ2n) is 6.67. The number of alkyl halides is 2. The van der Waals surface area contributed by atoms with Crippen molar-refractivity contribution in [3.8, 4) is 11.5 Å². The number of benzene rings is 3. The van der Waals surface area contributed by atoms with E-state index in [-0.39, 0.29) is 5.91 Å². The average molecular weight is 404 g/mol. The Morgan fingerprint density at radius 3 is 2.53 bits per heavy atom. The van der Waals surface area contributed by atoms with Gasteiger partial charge in [-0.1, -0.05) is 12.1 Å². The number of aromatic amines is 1. The van der Waals surface area contributed by atoms with Crippen LogP contribution in [0.25, 0.3) is 33.6 Å². The Hall–Kier alpha value is -4.07. The standard InChI is InChI=1S/C22H14F2N4O2/c23-19(24)20-26-15-10-7-13(11-17(15)27-20)21(29)25-14-8-5-12(6-9-14)22-28-16-3-1-2-4-18(16)30-22/h1-11,19H,(H,25,29)(H,26,27). The lowest BCUT2D eigenvalue weighted by molar-refractivity contribution is 0.102. The molecule has 0 radical (unpaired) electrons. The highest BCUT2D eigenvalue weighted by atomic mass is 19.3. The van der Waals surface area contributed by atoms with Crippen molar-refractivity contribution in [3.63, 3.8) is 0 Å². The van der Waals surface area contributed by atoms with Crippen LogP contribution in [0.3, 0.4) is 0 Å². The number of halogens is 2. The lowest BCUT2D eigenvalue weighted by Crippen LogP contribution is -2.11. The third-order valence-corrected chi connectivity index (χ3v) is 4.65. The molecular formula is C22H14F2N4O2. The Bertz CT molecular complexity index is 1340. The fourth-order valence-electron chi connectivity index (χ4n) is 3.17. The summed E-state index contributed by atoms with van der Waals surface area (Å²) >= 11 is 0. The van der Waals surface area contributed by atoms with Crippen LogP contribution < -0.4 is 5.32 Å². The number of fused-ring (bicyclic) bond motifs is 2. The maximum absolute atomic E-state index is 12.8. The van der Waals surface area contributed by atoms with Gasteiger partial charge in [0.1, 0.15) is 5.52 Å². The molecule has 0 saturated carbocycles. The molecule has 0 unspecified atom stereocenters. The third kappa shape index (κ3) is 3.28. The summed E-state index contributed by atoms with van der Waals surface area (Å²) in [6, 6.07) is 19.1. The fourth-order valence-corrected chi connectivity index (χ4v) is 3.17. The van der Waals surface area contributed by atoms with E-state index in [1.54, 1.807) is 30.3 Å². The van der Waals surface area contributed by atoms with E-state index in [0.29, 0.717) is 33.8 Å². The first-order valence-electron chi connectivity index (χ1n) is 9.12. The van der Waals surface area contributed by atoms with Gasteiger partial charge in [-0.3, -0.25) is 4.79 Å². The van der Waals surface area contributed by atoms with E-state index in [1.807, 2.05) is 24.3 Å². The van der Waals surface area contributed by atoms with E-state index in [1.165, 1.54) is 12.1 Å². The molecule has 8 heteroatoms. The van der Waals surface area contributed by atoms with Gasteiger partial charge in [0.25, 0.3) is 12.3 Å². The van der Waals surface area contributed by atoms with Crippen LogP contribution in [0, 0.1) is 0 Å². The van der Waals surface area contributed by atoms with Crippen molar-refractivity contribution < 1.29 is 18.0 Å². The predicted octanol–water partition coefficient (Wildman–Crippen LogP) is 5.56. The van der Waals surface area contributed by atoms with E-state index in [4.69, 9.17) is 4.42 Å². The largest absolute Gasteiger partial charge is 0.436 e. The number of hydrogen-bond donors (Lipinski definition) is 2. The lowest BCUT2D eigenvalue weighted by Gasteiger charge is -2.06. The van der Waals surface area contributed by atoms with E-state index in [2.05, 4.69) is 20.3 Å². The Morgan fingerprint density at radius 2 is 1.77 bits per heavy atom. The number of aromatic nitrogens is 3. The Labute approximate surface area is 168 Å². The number of para-hydroxylation sites is 2. The van der Waals surface area contributed by atoms with Crippen LogP contribution in [0.4, 0.5) is 14.5 Å². The molecule has 5 aromatic rings. The van der Waals surface area contributed by atoms with Crippen LogP contribution in [-0.4, -0.2) is 20.9 Å². The number of carbonyl (C=O) groups is 1. The zero-order valence-corrected chi connectivity index (χ0v) is 15.4. The summed E-state index contributed by atoms with van der Waals surface area (Å²) < 4.78 is 31.3. The van der Waals surface area contributed by atoms with Gasteiger partial charge in [-0.15, -0.1) is 0 Å². The molecule has 3 aromatic carbocycles. The second-order valence-corrected chi connectivity index (χ2v) is 6.67. The Morgan fingerprint density at radius 1 is 0.967 bits per heavy atom. The number of H-pyrrole nitrogens is 1. The molecule has 2 heterocycles. The molecule has 0 aliphatic carbocycles. The van der Waals surface area contributed by atoms with Crippen LogP contribution in [0.5, 0.6) is 0 Å². The minimum Gasteiger partial charge on any atom is -0.436 e. The van der Waals surface area contributed by atoms with E-state index in [0.717, 1.165) is 11.1 Å². The molecular weight excluding hydrogens is 390 g/mol. The average Bonchev–Trinajstić information content (AvgIpc) is 3.38. The smallest absolute Gasteiger partial charge is 0.295 e. The number of oxazole rings is 1. The molecule has 0 atom stereocenters. The van der Waals surface area contributed by atoms with Crippen molar-refractivity contribution in [1.82, 2.24) is 15.0 Å². The molecule has 1 amide bonds. The minimum atomic E-state index is -2.70. The minimum absolute atomic E-state index is 0.329. The summed E-state index contributed by atoms with van der Waals surface area (Å²) in [6.07, 6.45) is -2.70. The third-order valence-electron chi connectivity index (χ3n) is 4.65. The molecule has 2 aromatic heterocycles. The Balaban J connectivity index is 1.35. The van der Waals surface area contributed by atoms with Gasteiger partial charge in [0.15, 0.2) is 11.4 Å². The monoisotopic (exact) mass is 404 g/mol. The fraction of sp³-hybridized carbons (Fsp3) is 0.0455. The zero-order chi connectivity index (χ0) is 20.7. The van der Waals surface area contributed by atoms with Crippen LogP contribution in [0.2, 0.25) is 0 Å². The molecule has 0 bridgehead atoms. The summed E-state index contributed by atoms with van der Waals surface area (Å²) in [7, 11) is 0. The molecule has 0 saturated heterocycles. The van der Waals surface area contributed by atoms with Crippen LogP contribution in [0.15, 0.2) is 71.1 Å². The molecule has 30 heavy (non-hydrogen) atoms. The van der Waals surface area contributed by atoms with Crippen molar-refractivity contribution in [2.24, 2.45) is 0 Å². The first kappa shape index (κ1) is 18.0. The number of hydrogen-bond acceptors (Lipinski definition) is 4. The molecule has 0 aliphatic rings. The zero-order valence-electron chi connectivity index (χ0n) is 15.4. The lowest BCUT2D eigenvalue weighted by atomic mass is 10.1. The van der Waals surface area contributed by atoms with Gasteiger partial charge < -0.3 is 14.7 Å². The summed E-state index contributed by atoms with van der Waals surface area (Å²) in [4.78, 5) is 23.3. The van der Waals surface area contributed by atoms with Gasteiger partial charge in [-0.25, -0.2) is 18.7 Å². The summed E-state index contributed by atoms with van der Waals surface area (Å²) in [5.41, 5.74) is 3.92. The number of anilines is 1. The van der Waals surface area contributed by atoms with Crippen molar-refractivity contribution in [2.45, 2.75) is 6.43 Å². The second kappa shape index (κ2) is 7.07. The van der Waals surface area contributed by atoms with Gasteiger partial charge in [-0.2, -0.15) is 0 Å². The summed E-state index contributed by atoms with van der Waals surface area (Å²) in [5, 5.41) is 2.79. The van der Waals surface area contributed by atoms with Crippen LogP contribution >= 0.6 is 0 Å². The molecule has 0 fully saturated rings. The molecule has 0 spiro atoms. The van der Waals surface area contributed by atoms with E-state index < -0.39 is 12.2 Å². The quantitative estimate of drug-likeness (QED) is 0.411. The van der Waals surface area contributed by atoms with Gasteiger partial charge in [0, 0.05) is 16.8 Å². The number of amides is 1. The SMILES string of the molecule is O=C(Nc1ccc(-c2nc3ccccc3o2)cc1)c1ccc2nc(C(F)F)[nH]c2c1. The number of carbonyl (C=O) groups excluding carboxylic acids is 1. The van der Waals surface area contributed by atoms with Crippen molar-refractivity contribution in [3.05, 3.63) is 78.1 Å². The predicted molar refractivity (Wildman–Crippen MR) is 108 cm³/mol. The van der Waals surface area contributed by atoms with E-state index >= 15 is 0 Å². The molecule has 5 rings (SSSR count). The number of nitrogens with one attached hydrogen (secondary N) is 2. The number of rotatable bonds is 4. The van der Waals surface area contributed by atoms with Gasteiger partial charge >= 0.3 is 0 Å². The van der Waals surface area contributed by atoms with Crippen molar-refractivity contribution >= 4 is 33.7 Å². The van der Waals surface area contributed by atoms with Crippen LogP contribution in [0.1, 0.15) is 22.6 Å². The topological polar surface area (TPSA) is 83.8 Å². The molecule has 0 aliphatic heterocycles. The van der Waals surface area contributed by atoms with Crippen LogP contribution in [-0.2, 0) is 0 Å². The normalized spacial score (nSPS) is 11.4. The highest BCUT2D eigenvalue weighted by molar-refractivity contribution is 6.06. The molecule has 148 valence electrons. The summed E-state index contributed by atoms with van der Waals surface area (Å²) in [6.45, 7) is 0. The summed E-state index contributed by atoms with van der Waals surface area (Å²) in [5.74, 6) is -0.286. The number of imidazole rings is 1. The van der Waals surface area contributed by atoms with Gasteiger partial charge in [-0.05, 0) is 54.6 Å². The van der Waals surface area contributed by atoms with Crippen molar-refractivity contribution in [2.75, 3.05) is 5.32 Å². The highest BCUT2D eigenvalue weighted by Gasteiger charge is 2.15. The maximum atomic E-state index is 12.8. The van der Waals surface area contributed by atoms with Crippen molar-refractivity contribution in [1.29, 1.82) is 0 Å². The highest BCUT2D eigenvalue weighted by Crippen LogP contribution is 2.26. The van der Waals surface area contributed by atoms with E-state index in [9.17, 15) is 13.6 Å².